The van der Waals surface area contributed by atoms with E-state index in [2.05, 4.69) is 4.90 Å². The molecular weight excluding hydrogens is 254 g/mol. The number of rotatable bonds is 2. The molecule has 2 aliphatic heterocycles. The average molecular weight is 273 g/mol. The lowest BCUT2D eigenvalue weighted by Gasteiger charge is -2.30. The number of nitrogens with zero attached hydrogens (tertiary/aromatic N) is 1. The molecule has 4 nitrogen and oxygen atoms in total. The summed E-state index contributed by atoms with van der Waals surface area (Å²) in [7, 11) is 0. The van der Waals surface area contributed by atoms with Crippen LogP contribution in [0.15, 0.2) is 18.2 Å². The number of benzene rings is 1. The van der Waals surface area contributed by atoms with Gasteiger partial charge in [0.15, 0.2) is 11.5 Å². The predicted octanol–water partition coefficient (Wildman–Crippen LogP) is 2.46. The van der Waals surface area contributed by atoms with Gasteiger partial charge >= 0.3 is 0 Å². The molecule has 2 heterocycles. The molecule has 3 aliphatic rings. The maximum Gasteiger partial charge on any atom is 0.233 e. The number of hydrogen-bond acceptors (Lipinski definition) is 3. The summed E-state index contributed by atoms with van der Waals surface area (Å²) in [4.78, 5) is 14.9. The molecule has 4 rings (SSSR count). The van der Waals surface area contributed by atoms with Gasteiger partial charge in [-0.05, 0) is 49.8 Å². The lowest BCUT2D eigenvalue weighted by Crippen LogP contribution is -2.42. The van der Waals surface area contributed by atoms with Crippen molar-refractivity contribution in [3.63, 3.8) is 0 Å². The van der Waals surface area contributed by atoms with Crippen LogP contribution in [0, 0.1) is 0 Å². The Morgan fingerprint density at radius 1 is 1.05 bits per heavy atom. The van der Waals surface area contributed by atoms with Gasteiger partial charge in [0.05, 0.1) is 5.41 Å². The Morgan fingerprint density at radius 2 is 1.80 bits per heavy atom. The Morgan fingerprint density at radius 3 is 2.55 bits per heavy atom. The molecule has 106 valence electrons. The molecule has 0 bridgehead atoms. The molecule has 1 aromatic rings. The van der Waals surface area contributed by atoms with E-state index >= 15 is 0 Å². The van der Waals surface area contributed by atoms with Gasteiger partial charge in [0, 0.05) is 13.1 Å². The summed E-state index contributed by atoms with van der Waals surface area (Å²) in [5, 5.41) is 0. The van der Waals surface area contributed by atoms with Crippen LogP contribution >= 0.6 is 0 Å². The smallest absolute Gasteiger partial charge is 0.233 e. The summed E-state index contributed by atoms with van der Waals surface area (Å²) in [5.74, 6) is 1.88. The number of carbonyl (C=O) groups excluding carboxylic acids is 1. The fourth-order valence-electron chi connectivity index (χ4n) is 3.34. The molecule has 20 heavy (non-hydrogen) atoms. The van der Waals surface area contributed by atoms with Crippen molar-refractivity contribution in [2.24, 2.45) is 0 Å². The second kappa shape index (κ2) is 4.40. The minimum absolute atomic E-state index is 0.279. The van der Waals surface area contributed by atoms with Gasteiger partial charge in [-0.3, -0.25) is 4.79 Å². The van der Waals surface area contributed by atoms with Crippen molar-refractivity contribution in [3.8, 4) is 11.5 Å². The molecule has 1 saturated carbocycles. The number of carbonyl (C=O) groups is 1. The van der Waals surface area contributed by atoms with E-state index in [1.54, 1.807) is 0 Å². The van der Waals surface area contributed by atoms with E-state index in [-0.39, 0.29) is 12.2 Å². The van der Waals surface area contributed by atoms with Gasteiger partial charge in [-0.15, -0.1) is 0 Å². The Balaban J connectivity index is 1.61. The van der Waals surface area contributed by atoms with Gasteiger partial charge < -0.3 is 14.4 Å². The maximum atomic E-state index is 12.8. The van der Waals surface area contributed by atoms with Crippen LogP contribution in [0.4, 0.5) is 0 Å². The van der Waals surface area contributed by atoms with Crippen molar-refractivity contribution >= 4 is 5.91 Å². The minimum Gasteiger partial charge on any atom is -0.454 e. The van der Waals surface area contributed by atoms with Crippen LogP contribution in [-0.4, -0.2) is 30.7 Å². The van der Waals surface area contributed by atoms with Gasteiger partial charge in [0.1, 0.15) is 0 Å². The molecule has 1 aliphatic carbocycles. The van der Waals surface area contributed by atoms with E-state index in [1.165, 1.54) is 6.42 Å². The Hall–Kier alpha value is -1.71. The number of piperidine rings is 1. The summed E-state index contributed by atoms with van der Waals surface area (Å²) in [5.41, 5.74) is 0.815. The molecule has 0 unspecified atom stereocenters. The Labute approximate surface area is 118 Å². The third-order valence-electron chi connectivity index (χ3n) is 4.73. The van der Waals surface area contributed by atoms with E-state index in [9.17, 15) is 4.79 Å². The highest BCUT2D eigenvalue weighted by atomic mass is 16.7. The highest BCUT2D eigenvalue weighted by Gasteiger charge is 2.53. The van der Waals surface area contributed by atoms with Crippen LogP contribution in [0.5, 0.6) is 11.5 Å². The van der Waals surface area contributed by atoms with Crippen LogP contribution in [-0.2, 0) is 10.2 Å². The SMILES string of the molecule is O=C(N1CCCCC1)C1(c2ccc3c(c2)OCO3)CC1. The van der Waals surface area contributed by atoms with Crippen molar-refractivity contribution in [2.75, 3.05) is 19.9 Å². The van der Waals surface area contributed by atoms with Crippen molar-refractivity contribution < 1.29 is 14.3 Å². The van der Waals surface area contributed by atoms with Gasteiger partial charge in [0.25, 0.3) is 0 Å². The Kier molecular flexibility index (Phi) is 2.65. The Bertz CT molecular complexity index is 545. The number of fused-ring (bicyclic) bond motifs is 1. The van der Waals surface area contributed by atoms with Gasteiger partial charge in [-0.1, -0.05) is 6.07 Å². The van der Waals surface area contributed by atoms with Crippen LogP contribution < -0.4 is 9.47 Å². The first-order chi connectivity index (χ1) is 9.79. The molecule has 1 amide bonds. The number of ether oxygens (including phenoxy) is 2. The lowest BCUT2D eigenvalue weighted by molar-refractivity contribution is -0.134. The maximum absolute atomic E-state index is 12.8. The van der Waals surface area contributed by atoms with Crippen molar-refractivity contribution in [1.29, 1.82) is 0 Å². The average Bonchev–Trinajstić information content (AvgIpc) is 3.18. The topological polar surface area (TPSA) is 38.8 Å². The largest absolute Gasteiger partial charge is 0.454 e. The van der Waals surface area contributed by atoms with Crippen LogP contribution in [0.1, 0.15) is 37.7 Å². The molecular formula is C16H19NO3. The summed E-state index contributed by atoms with van der Waals surface area (Å²) in [6, 6.07) is 5.96. The van der Waals surface area contributed by atoms with E-state index in [0.29, 0.717) is 5.91 Å². The number of likely N-dealkylation sites (tertiary alicyclic amines) is 1. The first kappa shape index (κ1) is 12.1. The fraction of sp³-hybridized carbons (Fsp3) is 0.562. The normalized spacial score (nSPS) is 22.7. The zero-order valence-electron chi connectivity index (χ0n) is 11.6. The standard InChI is InChI=1S/C16H19NO3/c18-15(17-8-2-1-3-9-17)16(6-7-16)12-4-5-13-14(10-12)20-11-19-13/h4-5,10H,1-3,6-9,11H2. The molecule has 0 radical (unpaired) electrons. The molecule has 2 fully saturated rings. The van der Waals surface area contributed by atoms with Gasteiger partial charge in [0.2, 0.25) is 12.7 Å². The molecule has 1 saturated heterocycles. The zero-order chi connectivity index (χ0) is 13.6. The van der Waals surface area contributed by atoms with Gasteiger partial charge in [-0.25, -0.2) is 0 Å². The molecule has 0 aromatic heterocycles. The predicted molar refractivity (Wildman–Crippen MR) is 73.9 cm³/mol. The quantitative estimate of drug-likeness (QED) is 0.831. The molecule has 0 N–H and O–H groups in total. The monoisotopic (exact) mass is 273 g/mol. The summed E-state index contributed by atoms with van der Waals surface area (Å²) < 4.78 is 10.8. The third kappa shape index (κ3) is 1.78. The van der Waals surface area contributed by atoms with E-state index in [1.807, 2.05) is 18.2 Å². The van der Waals surface area contributed by atoms with E-state index in [4.69, 9.17) is 9.47 Å². The fourth-order valence-corrected chi connectivity index (χ4v) is 3.34. The highest BCUT2D eigenvalue weighted by Crippen LogP contribution is 2.51. The zero-order valence-corrected chi connectivity index (χ0v) is 11.6. The summed E-state index contributed by atoms with van der Waals surface area (Å²) in [6.07, 6.45) is 5.46. The van der Waals surface area contributed by atoms with Crippen molar-refractivity contribution in [1.82, 2.24) is 4.90 Å². The van der Waals surface area contributed by atoms with E-state index in [0.717, 1.165) is 55.8 Å². The van der Waals surface area contributed by atoms with Crippen LogP contribution in [0.3, 0.4) is 0 Å². The van der Waals surface area contributed by atoms with Gasteiger partial charge in [-0.2, -0.15) is 0 Å². The molecule has 0 atom stereocenters. The van der Waals surface area contributed by atoms with E-state index < -0.39 is 0 Å². The minimum atomic E-state index is -0.279. The number of amides is 1. The first-order valence-electron chi connectivity index (χ1n) is 7.49. The molecule has 4 heteroatoms. The lowest BCUT2D eigenvalue weighted by atomic mass is 9.93. The second-order valence-corrected chi connectivity index (χ2v) is 6.00. The van der Waals surface area contributed by atoms with Crippen LogP contribution in [0.25, 0.3) is 0 Å². The molecule has 1 aromatic carbocycles. The third-order valence-corrected chi connectivity index (χ3v) is 4.73. The number of hydrogen-bond donors (Lipinski definition) is 0. The summed E-state index contributed by atoms with van der Waals surface area (Å²) >= 11 is 0. The summed E-state index contributed by atoms with van der Waals surface area (Å²) in [6.45, 7) is 2.13. The molecule has 0 spiro atoms. The second-order valence-electron chi connectivity index (χ2n) is 6.00. The van der Waals surface area contributed by atoms with Crippen molar-refractivity contribution in [2.45, 2.75) is 37.5 Å². The first-order valence-corrected chi connectivity index (χ1v) is 7.49. The van der Waals surface area contributed by atoms with Crippen LogP contribution in [0.2, 0.25) is 0 Å². The van der Waals surface area contributed by atoms with Crippen molar-refractivity contribution in [3.05, 3.63) is 23.8 Å². The highest BCUT2D eigenvalue weighted by molar-refractivity contribution is 5.91.